The Morgan fingerprint density at radius 3 is 2.50 bits per heavy atom. The van der Waals surface area contributed by atoms with Crippen LogP contribution in [0.15, 0.2) is 24.3 Å². The largest absolute Gasteiger partial charge is 0.478 e. The van der Waals surface area contributed by atoms with Gasteiger partial charge < -0.3 is 9.84 Å². The van der Waals surface area contributed by atoms with Crippen LogP contribution in [0.2, 0.25) is 0 Å². The van der Waals surface area contributed by atoms with Gasteiger partial charge in [-0.25, -0.2) is 9.59 Å². The molecule has 1 N–H and O–H groups in total. The topological polar surface area (TPSA) is 63.6 Å². The molecule has 16 heavy (non-hydrogen) atoms. The molecule has 0 spiro atoms. The molecule has 0 bridgehead atoms. The second-order valence-corrected chi connectivity index (χ2v) is 3.10. The zero-order valence-corrected chi connectivity index (χ0v) is 9.06. The number of carbonyl (C=O) groups is 2. The van der Waals surface area contributed by atoms with Crippen molar-refractivity contribution in [3.05, 3.63) is 41.0 Å². The Bertz CT molecular complexity index is 446. The molecule has 4 heteroatoms. The maximum Gasteiger partial charge on any atom is 0.338 e. The molecular weight excluding hydrogens is 208 g/mol. The molecule has 0 atom stereocenters. The number of methoxy groups -OCH3 is 1. The van der Waals surface area contributed by atoms with Gasteiger partial charge in [0.25, 0.3) is 0 Å². The minimum Gasteiger partial charge on any atom is -0.478 e. The molecule has 0 aliphatic heterocycles. The number of esters is 1. The summed E-state index contributed by atoms with van der Waals surface area (Å²) in [6.45, 7) is 1.83. The van der Waals surface area contributed by atoms with E-state index in [0.29, 0.717) is 0 Å². The molecular formula is C12H12O4. The first-order valence-corrected chi connectivity index (χ1v) is 4.68. The molecule has 84 valence electrons. The molecule has 1 aromatic rings. The Hall–Kier alpha value is -2.10. The number of hydrogen-bond acceptors (Lipinski definition) is 3. The lowest BCUT2D eigenvalue weighted by atomic mass is 10.0. The van der Waals surface area contributed by atoms with Gasteiger partial charge in [0, 0.05) is 0 Å². The number of hydrogen-bond donors (Lipinski definition) is 1. The van der Waals surface area contributed by atoms with E-state index in [9.17, 15) is 9.59 Å². The second kappa shape index (κ2) is 5.11. The van der Waals surface area contributed by atoms with Crippen molar-refractivity contribution in [3.8, 4) is 0 Å². The van der Waals surface area contributed by atoms with E-state index in [1.54, 1.807) is 18.2 Å². The lowest BCUT2D eigenvalue weighted by Crippen LogP contribution is -2.10. The highest BCUT2D eigenvalue weighted by molar-refractivity contribution is 6.02. The van der Waals surface area contributed by atoms with Crippen LogP contribution in [-0.2, 0) is 4.74 Å². The van der Waals surface area contributed by atoms with Crippen molar-refractivity contribution in [2.24, 2.45) is 0 Å². The van der Waals surface area contributed by atoms with Gasteiger partial charge >= 0.3 is 11.9 Å². The number of carbonyl (C=O) groups excluding carboxylic acids is 1. The first-order chi connectivity index (χ1) is 7.60. The predicted octanol–water partition coefficient (Wildman–Crippen LogP) is 2.20. The van der Waals surface area contributed by atoms with Crippen LogP contribution in [0.25, 0.3) is 6.08 Å². The van der Waals surface area contributed by atoms with Crippen molar-refractivity contribution in [3.63, 3.8) is 0 Å². The summed E-state index contributed by atoms with van der Waals surface area (Å²) in [6.07, 6.45) is 3.55. The number of rotatable bonds is 3. The van der Waals surface area contributed by atoms with Gasteiger partial charge in [-0.2, -0.15) is 0 Å². The molecule has 0 amide bonds. The SMILES string of the molecule is CC=Cc1ccc(C(=O)OC)c(C(=O)O)c1. The Labute approximate surface area is 93.2 Å². The highest BCUT2D eigenvalue weighted by Crippen LogP contribution is 2.14. The molecule has 0 saturated carbocycles. The van der Waals surface area contributed by atoms with E-state index in [0.717, 1.165) is 5.56 Å². The van der Waals surface area contributed by atoms with E-state index >= 15 is 0 Å². The zero-order chi connectivity index (χ0) is 12.1. The predicted molar refractivity (Wildman–Crippen MR) is 59.4 cm³/mol. The molecule has 1 rings (SSSR count). The maximum absolute atomic E-state index is 11.3. The molecule has 0 fully saturated rings. The molecule has 0 aliphatic rings. The molecule has 0 aliphatic carbocycles. The van der Waals surface area contributed by atoms with Crippen molar-refractivity contribution in [2.45, 2.75) is 6.92 Å². The number of carboxylic acids is 1. The van der Waals surface area contributed by atoms with Crippen molar-refractivity contribution in [2.75, 3.05) is 7.11 Å². The summed E-state index contributed by atoms with van der Waals surface area (Å²) in [5, 5.41) is 8.97. The van der Waals surface area contributed by atoms with Crippen LogP contribution in [-0.4, -0.2) is 24.2 Å². The Morgan fingerprint density at radius 1 is 1.31 bits per heavy atom. The van der Waals surface area contributed by atoms with Crippen LogP contribution < -0.4 is 0 Å². The number of carboxylic acid groups (broad SMARTS) is 1. The lowest BCUT2D eigenvalue weighted by Gasteiger charge is -2.04. The van der Waals surface area contributed by atoms with Crippen LogP contribution in [0.1, 0.15) is 33.2 Å². The highest BCUT2D eigenvalue weighted by atomic mass is 16.5. The van der Waals surface area contributed by atoms with Gasteiger partial charge in [0.2, 0.25) is 0 Å². The smallest absolute Gasteiger partial charge is 0.338 e. The average Bonchev–Trinajstić information content (AvgIpc) is 2.28. The Morgan fingerprint density at radius 2 is 2.00 bits per heavy atom. The lowest BCUT2D eigenvalue weighted by molar-refractivity contribution is 0.0582. The summed E-state index contributed by atoms with van der Waals surface area (Å²) in [5.74, 6) is -1.80. The van der Waals surface area contributed by atoms with E-state index in [1.807, 2.05) is 6.92 Å². The molecule has 1 aromatic carbocycles. The van der Waals surface area contributed by atoms with Gasteiger partial charge in [-0.05, 0) is 24.6 Å². The first-order valence-electron chi connectivity index (χ1n) is 4.68. The van der Waals surface area contributed by atoms with Crippen LogP contribution in [0.3, 0.4) is 0 Å². The highest BCUT2D eigenvalue weighted by Gasteiger charge is 2.16. The third-order valence-electron chi connectivity index (χ3n) is 2.04. The summed E-state index contributed by atoms with van der Waals surface area (Å²) < 4.78 is 4.51. The molecule has 0 unspecified atom stereocenters. The summed E-state index contributed by atoms with van der Waals surface area (Å²) >= 11 is 0. The van der Waals surface area contributed by atoms with Gasteiger partial charge in [-0.15, -0.1) is 0 Å². The van der Waals surface area contributed by atoms with Crippen LogP contribution in [0, 0.1) is 0 Å². The number of benzene rings is 1. The zero-order valence-electron chi connectivity index (χ0n) is 9.06. The maximum atomic E-state index is 11.3. The summed E-state index contributed by atoms with van der Waals surface area (Å²) in [5.41, 5.74) is 0.734. The fourth-order valence-electron chi connectivity index (χ4n) is 1.32. The van der Waals surface area contributed by atoms with Crippen molar-refractivity contribution in [1.29, 1.82) is 0 Å². The van der Waals surface area contributed by atoms with Crippen LogP contribution >= 0.6 is 0 Å². The fraction of sp³-hybridized carbons (Fsp3) is 0.167. The quantitative estimate of drug-likeness (QED) is 0.793. The van der Waals surface area contributed by atoms with E-state index < -0.39 is 11.9 Å². The number of allylic oxidation sites excluding steroid dienone is 1. The number of ether oxygens (including phenoxy) is 1. The first kappa shape index (κ1) is 12.0. The van der Waals surface area contributed by atoms with E-state index in [-0.39, 0.29) is 11.1 Å². The Kier molecular flexibility index (Phi) is 3.83. The van der Waals surface area contributed by atoms with Gasteiger partial charge in [0.15, 0.2) is 0 Å². The molecule has 0 saturated heterocycles. The summed E-state index contributed by atoms with van der Waals surface area (Å²) in [7, 11) is 1.22. The minimum atomic E-state index is -1.15. The van der Waals surface area contributed by atoms with Crippen molar-refractivity contribution in [1.82, 2.24) is 0 Å². The fourth-order valence-corrected chi connectivity index (χ4v) is 1.32. The molecule has 0 radical (unpaired) electrons. The van der Waals surface area contributed by atoms with E-state index in [1.165, 1.54) is 19.2 Å². The van der Waals surface area contributed by atoms with E-state index in [2.05, 4.69) is 4.74 Å². The molecule has 4 nitrogen and oxygen atoms in total. The minimum absolute atomic E-state index is 0.0533. The van der Waals surface area contributed by atoms with Gasteiger partial charge in [0.05, 0.1) is 18.2 Å². The van der Waals surface area contributed by atoms with Crippen molar-refractivity contribution < 1.29 is 19.4 Å². The van der Waals surface area contributed by atoms with Gasteiger partial charge in [-0.1, -0.05) is 18.2 Å². The van der Waals surface area contributed by atoms with Crippen LogP contribution in [0.4, 0.5) is 0 Å². The van der Waals surface area contributed by atoms with E-state index in [4.69, 9.17) is 5.11 Å². The van der Waals surface area contributed by atoms with Gasteiger partial charge in [-0.3, -0.25) is 0 Å². The monoisotopic (exact) mass is 220 g/mol. The van der Waals surface area contributed by atoms with Crippen LogP contribution in [0.5, 0.6) is 0 Å². The Balaban J connectivity index is 3.30. The summed E-state index contributed by atoms with van der Waals surface area (Å²) in [4.78, 5) is 22.3. The molecule has 0 heterocycles. The average molecular weight is 220 g/mol. The second-order valence-electron chi connectivity index (χ2n) is 3.10. The van der Waals surface area contributed by atoms with Gasteiger partial charge in [0.1, 0.15) is 0 Å². The third kappa shape index (κ3) is 2.48. The number of aromatic carboxylic acids is 1. The molecule has 0 aromatic heterocycles. The van der Waals surface area contributed by atoms with Crippen molar-refractivity contribution >= 4 is 18.0 Å². The standard InChI is InChI=1S/C12H12O4/c1-3-4-8-5-6-9(12(15)16-2)10(7-8)11(13)14/h3-7H,1-2H3,(H,13,14). The normalized spacial score (nSPS) is 10.4. The summed E-state index contributed by atoms with van der Waals surface area (Å²) in [6, 6.07) is 4.55. The third-order valence-corrected chi connectivity index (χ3v) is 2.04.